The summed E-state index contributed by atoms with van der Waals surface area (Å²) in [6.45, 7) is 7.94. The van der Waals surface area contributed by atoms with E-state index in [1.54, 1.807) is 12.1 Å². The maximum Gasteiger partial charge on any atom is 0.251 e. The molecule has 2 aromatic carbocycles. The first-order chi connectivity index (χ1) is 22.2. The summed E-state index contributed by atoms with van der Waals surface area (Å²) in [5, 5.41) is 18.0. The Morgan fingerprint density at radius 3 is 2.39 bits per heavy atom. The van der Waals surface area contributed by atoms with Crippen molar-refractivity contribution < 1.29 is 23.1 Å². The number of aliphatic hydroxyl groups is 1. The van der Waals surface area contributed by atoms with E-state index >= 15 is 0 Å². The van der Waals surface area contributed by atoms with Gasteiger partial charge in [0.25, 0.3) is 5.91 Å². The SMILES string of the molecule is CCCN(CCC)c1cc(C(=O)N[C@@H](Cc2cc(F)cc(F)c2)[C@H](O)CNC2(c3cccc(CC)c3)CC2)cc(-c2ncco2)n1. The van der Waals surface area contributed by atoms with Crippen LogP contribution in [0.25, 0.3) is 11.6 Å². The van der Waals surface area contributed by atoms with Gasteiger partial charge in [-0.1, -0.05) is 45.0 Å². The lowest BCUT2D eigenvalue weighted by Crippen LogP contribution is -2.50. The number of hydrogen-bond acceptors (Lipinski definition) is 7. The number of halogens is 2. The lowest BCUT2D eigenvalue weighted by molar-refractivity contribution is 0.0822. The van der Waals surface area contributed by atoms with E-state index < -0.39 is 29.7 Å². The molecule has 2 atom stereocenters. The fourth-order valence-corrected chi connectivity index (χ4v) is 5.89. The highest BCUT2D eigenvalue weighted by molar-refractivity contribution is 5.96. The van der Waals surface area contributed by atoms with Crippen LogP contribution in [0.15, 0.2) is 71.5 Å². The van der Waals surface area contributed by atoms with E-state index in [1.807, 2.05) is 6.07 Å². The van der Waals surface area contributed by atoms with Crippen molar-refractivity contribution in [3.8, 4) is 11.6 Å². The number of hydrogen-bond donors (Lipinski definition) is 3. The van der Waals surface area contributed by atoms with Gasteiger partial charge in [-0.3, -0.25) is 4.79 Å². The second-order valence-corrected chi connectivity index (χ2v) is 12.1. The summed E-state index contributed by atoms with van der Waals surface area (Å²) < 4.78 is 33.8. The summed E-state index contributed by atoms with van der Waals surface area (Å²) in [7, 11) is 0. The van der Waals surface area contributed by atoms with Crippen molar-refractivity contribution in [2.24, 2.45) is 0 Å². The minimum absolute atomic E-state index is 0.0178. The summed E-state index contributed by atoms with van der Waals surface area (Å²) in [6.07, 6.45) is 6.47. The molecule has 2 aromatic heterocycles. The van der Waals surface area contributed by atoms with Gasteiger partial charge in [0.05, 0.1) is 18.3 Å². The second kappa shape index (κ2) is 15.0. The van der Waals surface area contributed by atoms with E-state index in [9.17, 15) is 18.7 Å². The number of nitrogens with one attached hydrogen (secondary N) is 2. The molecule has 0 unspecified atom stereocenters. The van der Waals surface area contributed by atoms with Crippen molar-refractivity contribution in [3.05, 3.63) is 101 Å². The van der Waals surface area contributed by atoms with Crippen LogP contribution in [0.1, 0.15) is 73.5 Å². The minimum atomic E-state index is -1.06. The zero-order valence-electron chi connectivity index (χ0n) is 26.7. The van der Waals surface area contributed by atoms with Crippen molar-refractivity contribution >= 4 is 11.7 Å². The molecule has 0 bridgehead atoms. The summed E-state index contributed by atoms with van der Waals surface area (Å²) in [6, 6.07) is 14.1. The normalized spacial score (nSPS) is 14.9. The average molecular weight is 632 g/mol. The maximum absolute atomic E-state index is 14.2. The van der Waals surface area contributed by atoms with E-state index in [1.165, 1.54) is 35.7 Å². The molecule has 0 radical (unpaired) electrons. The van der Waals surface area contributed by atoms with Gasteiger partial charge in [0.2, 0.25) is 5.89 Å². The van der Waals surface area contributed by atoms with Crippen LogP contribution in [0.2, 0.25) is 0 Å². The standard InChI is InChI=1S/C36H43F2N5O3/c1-4-13-43(14-5-2)33-21-26(20-31(41-33)35-39-12-15-46-35)34(45)42-30(19-25-17-28(37)22-29(38)18-25)32(44)23-40-36(10-11-36)27-9-7-8-24(6-3)16-27/h7-9,12,15-18,20-22,30,32,40,44H,4-6,10-11,13-14,19,23H2,1-3H3,(H,42,45)/t30-,32+/m0/s1. The molecule has 0 saturated heterocycles. The Bertz CT molecular complexity index is 1580. The lowest BCUT2D eigenvalue weighted by atomic mass is 9.98. The molecule has 1 saturated carbocycles. The van der Waals surface area contributed by atoms with Gasteiger partial charge < -0.3 is 25.1 Å². The minimum Gasteiger partial charge on any atom is -0.443 e. The predicted octanol–water partition coefficient (Wildman–Crippen LogP) is 6.18. The molecule has 46 heavy (non-hydrogen) atoms. The Balaban J connectivity index is 1.41. The van der Waals surface area contributed by atoms with E-state index in [0.717, 1.165) is 51.3 Å². The van der Waals surface area contributed by atoms with Crippen molar-refractivity contribution in [2.45, 2.75) is 77.0 Å². The molecule has 1 aliphatic carbocycles. The number of carbonyl (C=O) groups is 1. The highest BCUT2D eigenvalue weighted by Crippen LogP contribution is 2.45. The zero-order chi connectivity index (χ0) is 32.7. The Hall–Kier alpha value is -4.15. The van der Waals surface area contributed by atoms with E-state index in [0.29, 0.717) is 22.6 Å². The smallest absolute Gasteiger partial charge is 0.251 e. The number of amides is 1. The Morgan fingerprint density at radius 1 is 1.02 bits per heavy atom. The van der Waals surface area contributed by atoms with Crippen LogP contribution in [0, 0.1) is 11.6 Å². The van der Waals surface area contributed by atoms with Gasteiger partial charge in [-0.05, 0) is 79.5 Å². The quantitative estimate of drug-likeness (QED) is 0.136. The largest absolute Gasteiger partial charge is 0.443 e. The molecule has 4 aromatic rings. The number of oxazole rings is 1. The third kappa shape index (κ3) is 8.16. The number of nitrogens with zero attached hydrogens (tertiary/aromatic N) is 3. The summed E-state index contributed by atoms with van der Waals surface area (Å²) in [5.74, 6) is -1.01. The van der Waals surface area contributed by atoms with Gasteiger partial charge in [-0.15, -0.1) is 0 Å². The summed E-state index contributed by atoms with van der Waals surface area (Å²) >= 11 is 0. The van der Waals surface area contributed by atoms with E-state index in [2.05, 4.69) is 59.5 Å². The number of aromatic nitrogens is 2. The first-order valence-electron chi connectivity index (χ1n) is 16.2. The lowest BCUT2D eigenvalue weighted by Gasteiger charge is -2.28. The number of benzene rings is 2. The molecule has 5 rings (SSSR count). The van der Waals surface area contributed by atoms with E-state index in [-0.39, 0.29) is 24.4 Å². The summed E-state index contributed by atoms with van der Waals surface area (Å²) in [4.78, 5) is 25.0. The third-order valence-electron chi connectivity index (χ3n) is 8.48. The number of carbonyl (C=O) groups excluding carboxylic acids is 1. The van der Waals surface area contributed by atoms with Gasteiger partial charge in [-0.25, -0.2) is 18.7 Å². The first kappa shape index (κ1) is 33.2. The van der Waals surface area contributed by atoms with E-state index in [4.69, 9.17) is 9.40 Å². The highest BCUT2D eigenvalue weighted by Gasteiger charge is 2.44. The number of pyridine rings is 1. The van der Waals surface area contributed by atoms with Gasteiger partial charge in [0.1, 0.15) is 29.4 Å². The fraction of sp³-hybridized carbons (Fsp3) is 0.417. The number of rotatable bonds is 16. The molecular formula is C36H43F2N5O3. The van der Waals surface area contributed by atoms with Crippen LogP contribution in [0.4, 0.5) is 14.6 Å². The third-order valence-corrected chi connectivity index (χ3v) is 8.48. The summed E-state index contributed by atoms with van der Waals surface area (Å²) in [5.41, 5.74) is 3.19. The van der Waals surface area contributed by atoms with Crippen LogP contribution in [0.3, 0.4) is 0 Å². The number of aliphatic hydroxyl groups excluding tert-OH is 1. The molecule has 0 aliphatic heterocycles. The fourth-order valence-electron chi connectivity index (χ4n) is 5.89. The van der Waals surface area contributed by atoms with Crippen molar-refractivity contribution in [1.82, 2.24) is 20.6 Å². The van der Waals surface area contributed by atoms with Crippen LogP contribution < -0.4 is 15.5 Å². The monoisotopic (exact) mass is 631 g/mol. The molecule has 8 nitrogen and oxygen atoms in total. The maximum atomic E-state index is 14.2. The zero-order valence-corrected chi connectivity index (χ0v) is 26.7. The number of aryl methyl sites for hydroxylation is 1. The van der Waals surface area contributed by atoms with Gasteiger partial charge in [0.15, 0.2) is 0 Å². The molecule has 2 heterocycles. The molecular weight excluding hydrogens is 588 g/mol. The Kier molecular flexibility index (Phi) is 10.8. The van der Waals surface area contributed by atoms with Gasteiger partial charge in [0, 0.05) is 36.8 Å². The molecule has 1 aliphatic rings. The Labute approximate surface area is 269 Å². The topological polar surface area (TPSA) is 104 Å². The van der Waals surface area contributed by atoms with Crippen LogP contribution in [-0.4, -0.2) is 52.8 Å². The predicted molar refractivity (Wildman–Crippen MR) is 175 cm³/mol. The van der Waals surface area contributed by atoms with Crippen LogP contribution in [0.5, 0.6) is 0 Å². The molecule has 1 amide bonds. The highest BCUT2D eigenvalue weighted by atomic mass is 19.1. The van der Waals surface area contributed by atoms with Crippen LogP contribution in [-0.2, 0) is 18.4 Å². The molecule has 244 valence electrons. The first-order valence-corrected chi connectivity index (χ1v) is 16.2. The molecule has 10 heteroatoms. The van der Waals surface area contributed by atoms with Crippen LogP contribution >= 0.6 is 0 Å². The van der Waals surface area contributed by atoms with Gasteiger partial charge >= 0.3 is 0 Å². The van der Waals surface area contributed by atoms with Crippen molar-refractivity contribution in [2.75, 3.05) is 24.5 Å². The van der Waals surface area contributed by atoms with Crippen molar-refractivity contribution in [3.63, 3.8) is 0 Å². The molecule has 1 fully saturated rings. The number of anilines is 1. The Morgan fingerprint density at radius 2 is 1.76 bits per heavy atom. The molecule has 3 N–H and O–H groups in total. The van der Waals surface area contributed by atoms with Crippen molar-refractivity contribution in [1.29, 1.82) is 0 Å². The molecule has 0 spiro atoms. The average Bonchev–Trinajstić information content (AvgIpc) is 3.64. The second-order valence-electron chi connectivity index (χ2n) is 12.1. The van der Waals surface area contributed by atoms with Gasteiger partial charge in [-0.2, -0.15) is 0 Å².